The fourth-order valence-electron chi connectivity index (χ4n) is 7.54. The molecule has 0 aromatic rings. The van der Waals surface area contributed by atoms with E-state index in [9.17, 15) is 4.79 Å². The van der Waals surface area contributed by atoms with Crippen molar-refractivity contribution in [2.45, 2.75) is 84.2 Å². The lowest BCUT2D eigenvalue weighted by molar-refractivity contribution is -0.158. The zero-order valence-electron chi connectivity index (χ0n) is 15.4. The van der Waals surface area contributed by atoms with Crippen LogP contribution < -0.4 is 0 Å². The van der Waals surface area contributed by atoms with E-state index in [1.54, 1.807) is 0 Å². The third-order valence-electron chi connectivity index (χ3n) is 8.81. The largest absolute Gasteiger partial charge is 0.461 e. The molecule has 136 valence electrons. The van der Waals surface area contributed by atoms with E-state index in [4.69, 9.17) is 16.3 Å². The Morgan fingerprint density at radius 1 is 1.04 bits per heavy atom. The van der Waals surface area contributed by atoms with E-state index >= 15 is 0 Å². The lowest BCUT2D eigenvalue weighted by Crippen LogP contribution is -2.53. The van der Waals surface area contributed by atoms with Crippen LogP contribution in [0.5, 0.6) is 0 Å². The molecular weight excluding hydrogens is 320 g/mol. The van der Waals surface area contributed by atoms with E-state index in [2.05, 4.69) is 13.8 Å². The van der Waals surface area contributed by atoms with Crippen molar-refractivity contribution < 1.29 is 9.53 Å². The number of hydrogen-bond acceptors (Lipinski definition) is 2. The minimum Gasteiger partial charge on any atom is -0.461 e. The SMILES string of the molecule is C[C@]12CCC[C@@H]1[C@@H]1CC[C@H]3C[C@H](OC(=O)CCl)CC[C@]3(C)[C@@H]1CC2. The van der Waals surface area contributed by atoms with E-state index in [0.29, 0.717) is 10.8 Å². The second kappa shape index (κ2) is 6.18. The van der Waals surface area contributed by atoms with Crippen molar-refractivity contribution >= 4 is 17.6 Å². The molecule has 4 rings (SSSR count). The van der Waals surface area contributed by atoms with Crippen molar-refractivity contribution in [2.24, 2.45) is 34.5 Å². The van der Waals surface area contributed by atoms with Gasteiger partial charge >= 0.3 is 5.97 Å². The van der Waals surface area contributed by atoms with Gasteiger partial charge in [-0.15, -0.1) is 11.6 Å². The van der Waals surface area contributed by atoms with Crippen molar-refractivity contribution in [3.63, 3.8) is 0 Å². The Morgan fingerprint density at radius 3 is 2.67 bits per heavy atom. The molecule has 0 aromatic carbocycles. The van der Waals surface area contributed by atoms with Crippen molar-refractivity contribution in [2.75, 3.05) is 5.88 Å². The van der Waals surface area contributed by atoms with E-state index in [0.717, 1.165) is 36.5 Å². The molecule has 3 heteroatoms. The maximum absolute atomic E-state index is 11.6. The molecule has 24 heavy (non-hydrogen) atoms. The molecule has 0 spiro atoms. The number of ether oxygens (including phenoxy) is 1. The quantitative estimate of drug-likeness (QED) is 0.479. The number of carbonyl (C=O) groups is 1. The number of halogens is 1. The number of esters is 1. The minimum absolute atomic E-state index is 0.0105. The summed E-state index contributed by atoms with van der Waals surface area (Å²) in [4.78, 5) is 11.6. The molecule has 0 aromatic heterocycles. The van der Waals surface area contributed by atoms with Crippen LogP contribution in [0.1, 0.15) is 78.1 Å². The molecule has 4 fully saturated rings. The molecule has 0 radical (unpaired) electrons. The first-order valence-corrected chi connectivity index (χ1v) is 10.8. The molecule has 0 amide bonds. The second-order valence-corrected chi connectivity index (χ2v) is 10.0. The first-order valence-electron chi connectivity index (χ1n) is 10.2. The van der Waals surface area contributed by atoms with Crippen LogP contribution in [0.25, 0.3) is 0 Å². The third kappa shape index (κ3) is 2.63. The molecule has 7 atom stereocenters. The Balaban J connectivity index is 1.49. The molecule has 0 bridgehead atoms. The predicted molar refractivity (Wildman–Crippen MR) is 96.9 cm³/mol. The zero-order valence-corrected chi connectivity index (χ0v) is 16.1. The Kier molecular flexibility index (Phi) is 4.43. The monoisotopic (exact) mass is 352 g/mol. The lowest BCUT2D eigenvalue weighted by Gasteiger charge is -2.60. The molecular formula is C21H33ClO2. The van der Waals surface area contributed by atoms with Crippen molar-refractivity contribution in [3.05, 3.63) is 0 Å². The highest BCUT2D eigenvalue weighted by Gasteiger charge is 2.58. The lowest BCUT2D eigenvalue weighted by atomic mass is 9.45. The molecule has 4 aliphatic rings. The first-order chi connectivity index (χ1) is 11.5. The van der Waals surface area contributed by atoms with Gasteiger partial charge in [-0.3, -0.25) is 4.79 Å². The maximum atomic E-state index is 11.6. The number of hydrogen-bond donors (Lipinski definition) is 0. The topological polar surface area (TPSA) is 26.3 Å². The first kappa shape index (κ1) is 17.2. The van der Waals surface area contributed by atoms with Crippen LogP contribution in [-0.4, -0.2) is 18.0 Å². The van der Waals surface area contributed by atoms with Gasteiger partial charge in [0.1, 0.15) is 12.0 Å². The summed E-state index contributed by atoms with van der Waals surface area (Å²) in [7, 11) is 0. The van der Waals surface area contributed by atoms with Crippen molar-refractivity contribution in [3.8, 4) is 0 Å². The van der Waals surface area contributed by atoms with E-state index in [1.165, 1.54) is 51.4 Å². The number of rotatable bonds is 2. The molecule has 0 aliphatic heterocycles. The zero-order chi connectivity index (χ0) is 16.9. The molecule has 4 aliphatic carbocycles. The molecule has 0 N–H and O–H groups in total. The van der Waals surface area contributed by atoms with Gasteiger partial charge in [0, 0.05) is 0 Å². The van der Waals surface area contributed by atoms with Gasteiger partial charge in [-0.2, -0.15) is 0 Å². The van der Waals surface area contributed by atoms with Gasteiger partial charge in [0.25, 0.3) is 0 Å². The maximum Gasteiger partial charge on any atom is 0.321 e. The highest BCUT2D eigenvalue weighted by Crippen LogP contribution is 2.66. The van der Waals surface area contributed by atoms with Gasteiger partial charge in [0.15, 0.2) is 0 Å². The van der Waals surface area contributed by atoms with Crippen LogP contribution in [0.15, 0.2) is 0 Å². The van der Waals surface area contributed by atoms with Crippen LogP contribution in [0, 0.1) is 34.5 Å². The van der Waals surface area contributed by atoms with Gasteiger partial charge < -0.3 is 4.74 Å². The Hall–Kier alpha value is -0.240. The van der Waals surface area contributed by atoms with E-state index in [1.807, 2.05) is 0 Å². The molecule has 0 saturated heterocycles. The van der Waals surface area contributed by atoms with Crippen LogP contribution >= 0.6 is 11.6 Å². The second-order valence-electron chi connectivity index (χ2n) is 9.76. The Morgan fingerprint density at radius 2 is 1.88 bits per heavy atom. The van der Waals surface area contributed by atoms with Gasteiger partial charge in [-0.05, 0) is 92.3 Å². The predicted octanol–water partition coefficient (Wildman–Crippen LogP) is 5.57. The van der Waals surface area contributed by atoms with Crippen LogP contribution in [0.2, 0.25) is 0 Å². The summed E-state index contributed by atoms with van der Waals surface area (Å²) >= 11 is 5.62. The normalized spacial score (nSPS) is 50.5. The van der Waals surface area contributed by atoms with E-state index in [-0.39, 0.29) is 18.0 Å². The summed E-state index contributed by atoms with van der Waals surface area (Å²) in [5.41, 5.74) is 1.13. The van der Waals surface area contributed by atoms with Gasteiger partial charge in [0.05, 0.1) is 0 Å². The van der Waals surface area contributed by atoms with Crippen molar-refractivity contribution in [1.82, 2.24) is 0 Å². The van der Waals surface area contributed by atoms with Crippen LogP contribution in [-0.2, 0) is 9.53 Å². The summed E-state index contributed by atoms with van der Waals surface area (Å²) < 4.78 is 5.59. The van der Waals surface area contributed by atoms with E-state index < -0.39 is 0 Å². The highest BCUT2D eigenvalue weighted by atomic mass is 35.5. The summed E-state index contributed by atoms with van der Waals surface area (Å²) in [6.07, 6.45) is 13.5. The van der Waals surface area contributed by atoms with Gasteiger partial charge in [0.2, 0.25) is 0 Å². The van der Waals surface area contributed by atoms with Crippen LogP contribution in [0.3, 0.4) is 0 Å². The number of fused-ring (bicyclic) bond motifs is 5. The smallest absolute Gasteiger partial charge is 0.321 e. The highest BCUT2D eigenvalue weighted by molar-refractivity contribution is 6.26. The average molecular weight is 353 g/mol. The summed E-state index contributed by atoms with van der Waals surface area (Å²) in [5, 5.41) is 0. The molecule has 4 saturated carbocycles. The number of carbonyl (C=O) groups excluding carboxylic acids is 1. The minimum atomic E-state index is -0.238. The molecule has 0 heterocycles. The summed E-state index contributed by atoms with van der Waals surface area (Å²) in [6, 6.07) is 0. The molecule has 0 unspecified atom stereocenters. The summed E-state index contributed by atoms with van der Waals surface area (Å²) in [5.74, 6) is 3.36. The fraction of sp³-hybridized carbons (Fsp3) is 0.952. The van der Waals surface area contributed by atoms with Gasteiger partial charge in [-0.1, -0.05) is 20.3 Å². The fourth-order valence-corrected chi connectivity index (χ4v) is 7.60. The van der Waals surface area contributed by atoms with Crippen molar-refractivity contribution in [1.29, 1.82) is 0 Å². The standard InChI is InChI=1S/C21H33ClO2/c1-20-9-3-4-17(20)16-6-5-14-12-15(24-19(23)13-22)7-11-21(14,2)18(16)8-10-20/h14-18H,3-13H2,1-2H3/t14-,15+,16-,17+,18+,20+,21-/m0/s1. The Labute approximate surface area is 152 Å². The van der Waals surface area contributed by atoms with Gasteiger partial charge in [-0.25, -0.2) is 0 Å². The van der Waals surface area contributed by atoms with Crippen LogP contribution in [0.4, 0.5) is 0 Å². The third-order valence-corrected chi connectivity index (χ3v) is 9.02. The molecule has 2 nitrogen and oxygen atoms in total. The number of alkyl halides is 1. The average Bonchev–Trinajstić information content (AvgIpc) is 2.97. The Bertz CT molecular complexity index is 506. The summed E-state index contributed by atoms with van der Waals surface area (Å²) in [6.45, 7) is 5.16.